The number of rotatable bonds is 4. The quantitative estimate of drug-likeness (QED) is 0.430. The van der Waals surface area contributed by atoms with E-state index < -0.39 is 42.4 Å². The van der Waals surface area contributed by atoms with Crippen molar-refractivity contribution in [3.63, 3.8) is 0 Å². The SMILES string of the molecule is O=[N+]([O-])c1cc(S(=O)(=O)C(F)(F)F)ccc1Oc1cc(F)cc(Cl)c1. The Morgan fingerprint density at radius 1 is 1.12 bits per heavy atom. The van der Waals surface area contributed by atoms with E-state index in [2.05, 4.69) is 0 Å². The van der Waals surface area contributed by atoms with Crippen molar-refractivity contribution in [1.82, 2.24) is 0 Å². The van der Waals surface area contributed by atoms with Gasteiger partial charge in [-0.15, -0.1) is 0 Å². The van der Waals surface area contributed by atoms with Crippen LogP contribution < -0.4 is 4.74 Å². The topological polar surface area (TPSA) is 86.5 Å². The Hall–Kier alpha value is -2.40. The first-order chi connectivity index (χ1) is 11.4. The van der Waals surface area contributed by atoms with E-state index in [1.165, 1.54) is 0 Å². The van der Waals surface area contributed by atoms with Gasteiger partial charge >= 0.3 is 11.2 Å². The van der Waals surface area contributed by atoms with Crippen molar-refractivity contribution < 1.29 is 35.6 Å². The lowest BCUT2D eigenvalue weighted by atomic mass is 10.3. The highest BCUT2D eigenvalue weighted by molar-refractivity contribution is 7.92. The molecule has 134 valence electrons. The number of halogens is 5. The first kappa shape index (κ1) is 18.9. The highest BCUT2D eigenvalue weighted by Crippen LogP contribution is 2.37. The number of benzene rings is 2. The van der Waals surface area contributed by atoms with E-state index >= 15 is 0 Å². The van der Waals surface area contributed by atoms with Gasteiger partial charge in [0.15, 0.2) is 0 Å². The predicted octanol–water partition coefficient (Wildman–Crippen LogP) is 4.47. The number of hydrogen-bond acceptors (Lipinski definition) is 5. The van der Waals surface area contributed by atoms with E-state index in [4.69, 9.17) is 16.3 Å². The van der Waals surface area contributed by atoms with Crippen molar-refractivity contribution >= 4 is 27.1 Å². The van der Waals surface area contributed by atoms with Crippen LogP contribution in [0.2, 0.25) is 5.02 Å². The van der Waals surface area contributed by atoms with Crippen LogP contribution >= 0.6 is 11.6 Å². The summed E-state index contributed by atoms with van der Waals surface area (Å²) in [5.41, 5.74) is -6.68. The van der Waals surface area contributed by atoms with Gasteiger partial charge in [0.25, 0.3) is 9.84 Å². The van der Waals surface area contributed by atoms with Gasteiger partial charge in [-0.3, -0.25) is 10.1 Å². The molecule has 0 heterocycles. The molecule has 0 N–H and O–H groups in total. The van der Waals surface area contributed by atoms with Crippen molar-refractivity contribution in [1.29, 1.82) is 0 Å². The maximum Gasteiger partial charge on any atom is 0.501 e. The molecule has 0 amide bonds. The zero-order valence-corrected chi connectivity index (χ0v) is 13.3. The van der Waals surface area contributed by atoms with Crippen molar-refractivity contribution in [2.24, 2.45) is 0 Å². The highest BCUT2D eigenvalue weighted by atomic mass is 35.5. The van der Waals surface area contributed by atoms with Crippen LogP contribution in [0.3, 0.4) is 0 Å². The van der Waals surface area contributed by atoms with Crippen molar-refractivity contribution in [2.45, 2.75) is 10.4 Å². The zero-order valence-electron chi connectivity index (χ0n) is 11.8. The lowest BCUT2D eigenvalue weighted by Gasteiger charge is -2.10. The average Bonchev–Trinajstić information content (AvgIpc) is 2.44. The molecule has 0 aliphatic carbocycles. The van der Waals surface area contributed by atoms with Crippen LogP contribution in [0.4, 0.5) is 23.2 Å². The van der Waals surface area contributed by atoms with Crippen LogP contribution in [0.15, 0.2) is 41.3 Å². The summed E-state index contributed by atoms with van der Waals surface area (Å²) in [6.07, 6.45) is 0. The molecule has 0 radical (unpaired) electrons. The largest absolute Gasteiger partial charge is 0.501 e. The van der Waals surface area contributed by atoms with Crippen LogP contribution in [-0.2, 0) is 9.84 Å². The summed E-state index contributed by atoms with van der Waals surface area (Å²) in [6.45, 7) is 0. The molecule has 6 nitrogen and oxygen atoms in total. The van der Waals surface area contributed by atoms with Gasteiger partial charge in [-0.25, -0.2) is 12.8 Å². The van der Waals surface area contributed by atoms with E-state index in [0.29, 0.717) is 12.1 Å². The molecule has 0 aliphatic heterocycles. The molecule has 0 saturated carbocycles. The maximum atomic E-state index is 13.2. The molecule has 0 unspecified atom stereocenters. The minimum absolute atomic E-state index is 0.0890. The summed E-state index contributed by atoms with van der Waals surface area (Å²) in [4.78, 5) is 8.57. The van der Waals surface area contributed by atoms with Gasteiger partial charge in [-0.05, 0) is 24.3 Å². The molecule has 25 heavy (non-hydrogen) atoms. The summed E-state index contributed by atoms with van der Waals surface area (Å²) < 4.78 is 78.6. The molecular weight excluding hydrogens is 394 g/mol. The Kier molecular flexibility index (Phi) is 4.91. The van der Waals surface area contributed by atoms with Gasteiger partial charge in [0.05, 0.1) is 9.82 Å². The molecule has 0 spiro atoms. The number of hydrogen-bond donors (Lipinski definition) is 0. The maximum absolute atomic E-state index is 13.2. The number of sulfone groups is 1. The summed E-state index contributed by atoms with van der Waals surface area (Å²) in [5.74, 6) is -1.67. The van der Waals surface area contributed by atoms with Crippen LogP contribution in [0.25, 0.3) is 0 Å². The van der Waals surface area contributed by atoms with Crippen LogP contribution in [0, 0.1) is 15.9 Å². The second kappa shape index (κ2) is 6.48. The number of nitro groups is 1. The summed E-state index contributed by atoms with van der Waals surface area (Å²) in [7, 11) is -5.78. The number of ether oxygens (including phenoxy) is 1. The van der Waals surface area contributed by atoms with Crippen LogP contribution in [-0.4, -0.2) is 18.8 Å². The van der Waals surface area contributed by atoms with Gasteiger partial charge < -0.3 is 4.74 Å². The van der Waals surface area contributed by atoms with Crippen molar-refractivity contribution in [2.75, 3.05) is 0 Å². The Morgan fingerprint density at radius 2 is 1.76 bits per heavy atom. The monoisotopic (exact) mass is 399 g/mol. The molecule has 0 bridgehead atoms. The van der Waals surface area contributed by atoms with E-state index in [9.17, 15) is 36.1 Å². The molecule has 0 atom stereocenters. The Balaban J connectivity index is 2.52. The molecule has 0 fully saturated rings. The van der Waals surface area contributed by atoms with Crippen LogP contribution in [0.5, 0.6) is 11.5 Å². The lowest BCUT2D eigenvalue weighted by molar-refractivity contribution is -0.385. The van der Waals surface area contributed by atoms with E-state index in [0.717, 1.165) is 18.2 Å². The molecule has 2 rings (SSSR count). The third-order valence-corrected chi connectivity index (χ3v) is 4.51. The van der Waals surface area contributed by atoms with E-state index in [-0.39, 0.29) is 16.8 Å². The lowest BCUT2D eigenvalue weighted by Crippen LogP contribution is -2.23. The summed E-state index contributed by atoms with van der Waals surface area (Å²) >= 11 is 5.60. The fourth-order valence-corrected chi connectivity index (χ4v) is 2.73. The molecular formula is C13H6ClF4NO5S. The van der Waals surface area contributed by atoms with Crippen molar-refractivity contribution in [3.05, 3.63) is 57.4 Å². The van der Waals surface area contributed by atoms with E-state index in [1.54, 1.807) is 0 Å². The molecule has 0 saturated heterocycles. The molecule has 0 aliphatic rings. The van der Waals surface area contributed by atoms with Gasteiger partial charge in [0.2, 0.25) is 5.75 Å². The second-order valence-electron chi connectivity index (χ2n) is 4.54. The highest BCUT2D eigenvalue weighted by Gasteiger charge is 2.47. The molecule has 2 aromatic carbocycles. The Labute approximate surface area is 142 Å². The first-order valence-electron chi connectivity index (χ1n) is 6.15. The molecule has 2 aromatic rings. The Bertz CT molecular complexity index is 926. The average molecular weight is 400 g/mol. The minimum Gasteiger partial charge on any atom is -0.450 e. The number of nitro benzene ring substituents is 1. The summed E-state index contributed by atoms with van der Waals surface area (Å²) in [6, 6.07) is 4.23. The predicted molar refractivity (Wildman–Crippen MR) is 77.8 cm³/mol. The molecule has 12 heteroatoms. The first-order valence-corrected chi connectivity index (χ1v) is 8.01. The number of alkyl halides is 3. The zero-order chi connectivity index (χ0) is 19.0. The minimum atomic E-state index is -5.78. The third-order valence-electron chi connectivity index (χ3n) is 2.81. The molecule has 0 aromatic heterocycles. The second-order valence-corrected chi connectivity index (χ2v) is 6.92. The van der Waals surface area contributed by atoms with Gasteiger partial charge in [-0.2, -0.15) is 13.2 Å². The van der Waals surface area contributed by atoms with E-state index in [1.807, 2.05) is 0 Å². The van der Waals surface area contributed by atoms with Gasteiger partial charge in [-0.1, -0.05) is 11.6 Å². The van der Waals surface area contributed by atoms with Crippen molar-refractivity contribution in [3.8, 4) is 11.5 Å². The normalized spacial score (nSPS) is 12.0. The Morgan fingerprint density at radius 3 is 2.28 bits per heavy atom. The number of nitrogens with zero attached hydrogens (tertiary/aromatic N) is 1. The fourth-order valence-electron chi connectivity index (χ4n) is 1.74. The summed E-state index contributed by atoms with van der Waals surface area (Å²) in [5, 5.41) is 10.9. The van der Waals surface area contributed by atoms with Gasteiger partial charge in [0.1, 0.15) is 11.6 Å². The van der Waals surface area contributed by atoms with Crippen LogP contribution in [0.1, 0.15) is 0 Å². The van der Waals surface area contributed by atoms with Gasteiger partial charge in [0, 0.05) is 17.2 Å². The smallest absolute Gasteiger partial charge is 0.450 e. The third kappa shape index (κ3) is 3.99. The standard InChI is InChI=1S/C13H6ClF4NO5S/c14-7-3-8(15)5-9(4-7)24-12-2-1-10(6-11(12)19(20)21)25(22,23)13(16,17)18/h1-6H. The fraction of sp³-hybridized carbons (Fsp3) is 0.0769.